The largest absolute Gasteiger partial charge is 0.248 e. The Labute approximate surface area is 99.2 Å². The highest BCUT2D eigenvalue weighted by molar-refractivity contribution is 7.89. The van der Waals surface area contributed by atoms with Crippen LogP contribution in [0.3, 0.4) is 0 Å². The van der Waals surface area contributed by atoms with E-state index in [0.29, 0.717) is 0 Å². The highest BCUT2D eigenvalue weighted by atomic mass is 32.2. The van der Waals surface area contributed by atoms with Gasteiger partial charge >= 0.3 is 0 Å². The molecular weight excluding hydrogens is 246 g/mol. The van der Waals surface area contributed by atoms with Crippen LogP contribution in [0.5, 0.6) is 0 Å². The van der Waals surface area contributed by atoms with Gasteiger partial charge in [-0.25, -0.2) is 18.1 Å². The monoisotopic (exact) mass is 259 g/mol. The molecule has 0 aliphatic carbocycles. The van der Waals surface area contributed by atoms with Crippen LogP contribution in [-0.4, -0.2) is 19.2 Å². The van der Waals surface area contributed by atoms with Crippen molar-refractivity contribution in [3.05, 3.63) is 16.1 Å². The van der Waals surface area contributed by atoms with Crippen LogP contribution in [0.2, 0.25) is 0 Å². The Morgan fingerprint density at radius 2 is 2.38 bits per heavy atom. The number of aryl methyl sites for hydroxylation is 1. The summed E-state index contributed by atoms with van der Waals surface area (Å²) in [5.41, 5.74) is 0. The van der Waals surface area contributed by atoms with Gasteiger partial charge in [-0.05, 0) is 13.3 Å². The number of hydrogen-bond acceptors (Lipinski definition) is 5. The van der Waals surface area contributed by atoms with E-state index in [1.807, 2.05) is 6.92 Å². The van der Waals surface area contributed by atoms with Gasteiger partial charge < -0.3 is 0 Å². The summed E-state index contributed by atoms with van der Waals surface area (Å²) in [6.07, 6.45) is 2.63. The van der Waals surface area contributed by atoms with Crippen LogP contribution in [-0.2, 0) is 16.4 Å². The quantitative estimate of drug-likeness (QED) is 0.861. The summed E-state index contributed by atoms with van der Waals surface area (Å²) in [6.45, 7) is 3.73. The van der Waals surface area contributed by atoms with Crippen molar-refractivity contribution in [3.63, 3.8) is 0 Å². The first-order chi connectivity index (χ1) is 7.48. The number of nitrogens with zero attached hydrogens (tertiary/aromatic N) is 2. The molecule has 0 saturated heterocycles. The Balaban J connectivity index is 2.73. The molecule has 0 aromatic carbocycles. The SMILES string of the molecule is CCc1cnc(C(C)NS(=O)(=O)CC#N)s1. The second-order valence-corrected chi connectivity index (χ2v) is 6.18. The first kappa shape index (κ1) is 13.1. The summed E-state index contributed by atoms with van der Waals surface area (Å²) in [6, 6.07) is 1.23. The molecule has 1 atom stereocenters. The maximum absolute atomic E-state index is 11.3. The molecule has 1 unspecified atom stereocenters. The molecule has 0 saturated carbocycles. The molecule has 1 aromatic heterocycles. The molecule has 1 heterocycles. The van der Waals surface area contributed by atoms with E-state index in [1.54, 1.807) is 19.2 Å². The topological polar surface area (TPSA) is 82.8 Å². The highest BCUT2D eigenvalue weighted by Gasteiger charge is 2.17. The van der Waals surface area contributed by atoms with Crippen molar-refractivity contribution < 1.29 is 8.42 Å². The number of aromatic nitrogens is 1. The fraction of sp³-hybridized carbons (Fsp3) is 0.556. The third-order valence-electron chi connectivity index (χ3n) is 1.90. The summed E-state index contributed by atoms with van der Waals surface area (Å²) < 4.78 is 25.1. The van der Waals surface area contributed by atoms with Crippen LogP contribution < -0.4 is 4.72 Å². The van der Waals surface area contributed by atoms with Crippen LogP contribution in [0.25, 0.3) is 0 Å². The molecule has 0 radical (unpaired) electrons. The minimum Gasteiger partial charge on any atom is -0.248 e. The van der Waals surface area contributed by atoms with Crippen molar-refractivity contribution in [2.75, 3.05) is 5.75 Å². The number of nitriles is 1. The number of nitrogens with one attached hydrogen (secondary N) is 1. The molecule has 0 aliphatic rings. The lowest BCUT2D eigenvalue weighted by Gasteiger charge is -2.09. The normalized spacial score (nSPS) is 13.3. The minimum atomic E-state index is -3.52. The first-order valence-corrected chi connectivity index (χ1v) is 7.27. The zero-order valence-corrected chi connectivity index (χ0v) is 10.7. The predicted molar refractivity (Wildman–Crippen MR) is 62.4 cm³/mol. The van der Waals surface area contributed by atoms with Gasteiger partial charge in [-0.2, -0.15) is 5.26 Å². The van der Waals surface area contributed by atoms with Crippen LogP contribution in [0.15, 0.2) is 6.20 Å². The lowest BCUT2D eigenvalue weighted by molar-refractivity contribution is 0.570. The number of hydrogen-bond donors (Lipinski definition) is 1. The summed E-state index contributed by atoms with van der Waals surface area (Å²) in [5, 5.41) is 9.07. The standard InChI is InChI=1S/C9H13N3O2S2/c1-3-8-6-11-9(15-8)7(2)12-16(13,14)5-4-10/h6-7,12H,3,5H2,1-2H3. The third-order valence-corrected chi connectivity index (χ3v) is 4.45. The van der Waals surface area contributed by atoms with E-state index in [0.717, 1.165) is 16.3 Å². The molecule has 1 N–H and O–H groups in total. The molecule has 0 aliphatic heterocycles. The van der Waals surface area contributed by atoms with Gasteiger partial charge in [0.15, 0.2) is 5.75 Å². The van der Waals surface area contributed by atoms with Crippen molar-refractivity contribution in [3.8, 4) is 6.07 Å². The van der Waals surface area contributed by atoms with E-state index in [2.05, 4.69) is 9.71 Å². The van der Waals surface area contributed by atoms with Gasteiger partial charge in [0.1, 0.15) is 5.01 Å². The first-order valence-electron chi connectivity index (χ1n) is 4.80. The van der Waals surface area contributed by atoms with Gasteiger partial charge in [0, 0.05) is 11.1 Å². The number of thiazole rings is 1. The molecule has 0 bridgehead atoms. The molecule has 5 nitrogen and oxygen atoms in total. The third kappa shape index (κ3) is 3.56. The van der Waals surface area contributed by atoms with Gasteiger partial charge in [0.05, 0.1) is 12.1 Å². The zero-order valence-electron chi connectivity index (χ0n) is 9.10. The summed E-state index contributed by atoms with van der Waals surface area (Å²) in [4.78, 5) is 5.25. The molecule has 16 heavy (non-hydrogen) atoms. The second kappa shape index (κ2) is 5.39. The molecular formula is C9H13N3O2S2. The summed E-state index contributed by atoms with van der Waals surface area (Å²) >= 11 is 1.48. The van der Waals surface area contributed by atoms with Gasteiger partial charge in [-0.15, -0.1) is 11.3 Å². The lowest BCUT2D eigenvalue weighted by Crippen LogP contribution is -2.28. The Hall–Kier alpha value is -0.970. The Kier molecular flexibility index (Phi) is 4.41. The summed E-state index contributed by atoms with van der Waals surface area (Å²) in [7, 11) is -3.52. The van der Waals surface area contributed by atoms with E-state index in [4.69, 9.17) is 5.26 Å². The molecule has 0 amide bonds. The fourth-order valence-electron chi connectivity index (χ4n) is 1.13. The van der Waals surface area contributed by atoms with E-state index in [-0.39, 0.29) is 6.04 Å². The number of rotatable bonds is 5. The highest BCUT2D eigenvalue weighted by Crippen LogP contribution is 2.20. The second-order valence-electron chi connectivity index (χ2n) is 3.28. The van der Waals surface area contributed by atoms with Crippen molar-refractivity contribution in [1.82, 2.24) is 9.71 Å². The van der Waals surface area contributed by atoms with Crippen molar-refractivity contribution >= 4 is 21.4 Å². The van der Waals surface area contributed by atoms with Crippen molar-refractivity contribution in [1.29, 1.82) is 5.26 Å². The molecule has 88 valence electrons. The van der Waals surface area contributed by atoms with Gasteiger partial charge in [-0.1, -0.05) is 6.92 Å². The average Bonchev–Trinajstić information content (AvgIpc) is 2.64. The molecule has 0 spiro atoms. The predicted octanol–water partition coefficient (Wildman–Crippen LogP) is 1.21. The Bertz CT molecular complexity index is 487. The van der Waals surface area contributed by atoms with Crippen LogP contribution in [0, 0.1) is 11.3 Å². The maximum atomic E-state index is 11.3. The van der Waals surface area contributed by atoms with E-state index in [1.165, 1.54) is 11.3 Å². The van der Waals surface area contributed by atoms with Crippen LogP contribution >= 0.6 is 11.3 Å². The molecule has 1 rings (SSSR count). The fourth-order valence-corrected chi connectivity index (χ4v) is 2.97. The Morgan fingerprint density at radius 1 is 1.69 bits per heavy atom. The number of sulfonamides is 1. The zero-order chi connectivity index (χ0) is 12.2. The van der Waals surface area contributed by atoms with E-state index < -0.39 is 15.8 Å². The molecule has 1 aromatic rings. The van der Waals surface area contributed by atoms with Crippen LogP contribution in [0.1, 0.15) is 29.8 Å². The summed E-state index contributed by atoms with van der Waals surface area (Å²) in [5.74, 6) is -0.524. The van der Waals surface area contributed by atoms with E-state index in [9.17, 15) is 8.42 Å². The lowest BCUT2D eigenvalue weighted by atomic mass is 10.4. The van der Waals surface area contributed by atoms with Crippen molar-refractivity contribution in [2.45, 2.75) is 26.3 Å². The average molecular weight is 259 g/mol. The molecule has 7 heteroatoms. The van der Waals surface area contributed by atoms with Gasteiger partial charge in [0.25, 0.3) is 0 Å². The van der Waals surface area contributed by atoms with Gasteiger partial charge in [0.2, 0.25) is 10.0 Å². The minimum absolute atomic E-state index is 0.386. The maximum Gasteiger partial charge on any atom is 0.225 e. The van der Waals surface area contributed by atoms with E-state index >= 15 is 0 Å². The smallest absolute Gasteiger partial charge is 0.225 e. The van der Waals surface area contributed by atoms with Crippen molar-refractivity contribution in [2.24, 2.45) is 0 Å². The van der Waals surface area contributed by atoms with Gasteiger partial charge in [-0.3, -0.25) is 0 Å². The van der Waals surface area contributed by atoms with Crippen LogP contribution in [0.4, 0.5) is 0 Å². The molecule has 0 fully saturated rings. The Morgan fingerprint density at radius 3 is 2.88 bits per heavy atom.